The number of ketones is 1. The van der Waals surface area contributed by atoms with Crippen LogP contribution in [0, 0.1) is 0 Å². The number of carbonyl (C=O) groups is 4. The van der Waals surface area contributed by atoms with E-state index in [-0.39, 0.29) is 42.2 Å². The number of anilines is 3. The quantitative estimate of drug-likeness (QED) is 0.644. The normalized spacial score (nSPS) is 14.9. The van der Waals surface area contributed by atoms with Crippen LogP contribution in [0.1, 0.15) is 27.2 Å². The summed E-state index contributed by atoms with van der Waals surface area (Å²) in [6, 6.07) is 15.3. The molecule has 0 spiro atoms. The lowest BCUT2D eigenvalue weighted by Gasteiger charge is -2.20. The van der Waals surface area contributed by atoms with Gasteiger partial charge in [-0.1, -0.05) is 18.2 Å². The highest BCUT2D eigenvalue weighted by Crippen LogP contribution is 2.25. The highest BCUT2D eigenvalue weighted by atomic mass is 16.2. The van der Waals surface area contributed by atoms with Gasteiger partial charge in [-0.15, -0.1) is 0 Å². The van der Waals surface area contributed by atoms with Crippen LogP contribution in [0.15, 0.2) is 59.7 Å². The second-order valence-electron chi connectivity index (χ2n) is 7.68. The lowest BCUT2D eigenvalue weighted by Crippen LogP contribution is -2.41. The van der Waals surface area contributed by atoms with Crippen molar-refractivity contribution < 1.29 is 19.2 Å². The van der Waals surface area contributed by atoms with E-state index in [0.29, 0.717) is 17.9 Å². The minimum atomic E-state index is -0.555. The van der Waals surface area contributed by atoms with Gasteiger partial charge in [0.05, 0.1) is 5.69 Å². The first-order valence-corrected chi connectivity index (χ1v) is 10.7. The molecule has 33 heavy (non-hydrogen) atoms. The first-order valence-electron chi connectivity index (χ1n) is 10.7. The topological polar surface area (TPSA) is 111 Å². The van der Waals surface area contributed by atoms with E-state index in [1.54, 1.807) is 36.2 Å². The molecule has 2 aromatic rings. The fourth-order valence-electron chi connectivity index (χ4n) is 3.50. The summed E-state index contributed by atoms with van der Waals surface area (Å²) in [5.74, 6) is -1.01. The van der Waals surface area contributed by atoms with Crippen molar-refractivity contribution in [3.63, 3.8) is 0 Å². The van der Waals surface area contributed by atoms with Crippen molar-refractivity contribution in [2.75, 3.05) is 28.7 Å². The number of likely N-dealkylation sites (N-methyl/N-ethyl adjacent to an activating group) is 1. The Hall–Kier alpha value is -4.01. The van der Waals surface area contributed by atoms with Crippen LogP contribution < -0.4 is 15.6 Å². The molecule has 0 aliphatic carbocycles. The Morgan fingerprint density at radius 2 is 1.58 bits per heavy atom. The van der Waals surface area contributed by atoms with Gasteiger partial charge in [-0.05, 0) is 50.2 Å². The van der Waals surface area contributed by atoms with Crippen LogP contribution in [-0.4, -0.2) is 53.2 Å². The van der Waals surface area contributed by atoms with Gasteiger partial charge in [0, 0.05) is 31.3 Å². The molecule has 2 N–H and O–H groups in total. The molecule has 9 nitrogen and oxygen atoms in total. The minimum absolute atomic E-state index is 0.0890. The lowest BCUT2D eigenvalue weighted by atomic mass is 10.1. The minimum Gasteiger partial charge on any atom is -0.328 e. The van der Waals surface area contributed by atoms with Gasteiger partial charge in [0.1, 0.15) is 18.3 Å². The molecule has 0 radical (unpaired) electrons. The van der Waals surface area contributed by atoms with Crippen molar-refractivity contribution in [3.05, 3.63) is 54.6 Å². The van der Waals surface area contributed by atoms with Crippen molar-refractivity contribution >= 4 is 46.3 Å². The van der Waals surface area contributed by atoms with Crippen molar-refractivity contribution in [3.8, 4) is 0 Å². The predicted octanol–water partition coefficient (Wildman–Crippen LogP) is 2.66. The van der Waals surface area contributed by atoms with Crippen LogP contribution in [-0.2, 0) is 19.2 Å². The first kappa shape index (κ1) is 23.6. The zero-order chi connectivity index (χ0) is 24.0. The number of rotatable bonds is 8. The molecular weight excluding hydrogens is 422 g/mol. The summed E-state index contributed by atoms with van der Waals surface area (Å²) in [4.78, 5) is 50.3. The third kappa shape index (κ3) is 6.03. The number of Topliss-reactive ketones (excluding diaryl/α,β-unsaturated/α-hetero) is 1. The van der Waals surface area contributed by atoms with Gasteiger partial charge in [0.25, 0.3) is 5.91 Å². The largest absolute Gasteiger partial charge is 0.328 e. The Balaban J connectivity index is 1.67. The molecule has 1 unspecified atom stereocenters. The SMILES string of the molecule is CCN(CC(=O)Nc1ccc(NC(C)=O)cc1)C(=O)C1=NN(c2ccccc2)C(C(C)=O)C1. The smallest absolute Gasteiger partial charge is 0.270 e. The average Bonchev–Trinajstić information content (AvgIpc) is 3.24. The molecule has 1 heterocycles. The van der Waals surface area contributed by atoms with Gasteiger partial charge in [-0.2, -0.15) is 5.10 Å². The van der Waals surface area contributed by atoms with E-state index in [9.17, 15) is 19.2 Å². The summed E-state index contributed by atoms with van der Waals surface area (Å²) in [6.07, 6.45) is 0.186. The molecule has 172 valence electrons. The van der Waals surface area contributed by atoms with Crippen molar-refractivity contribution in [1.82, 2.24) is 4.90 Å². The zero-order valence-corrected chi connectivity index (χ0v) is 18.9. The fraction of sp³-hybridized carbons (Fsp3) is 0.292. The van der Waals surface area contributed by atoms with Crippen LogP contribution in [0.2, 0.25) is 0 Å². The molecule has 0 aromatic heterocycles. The molecule has 0 saturated carbocycles. The highest BCUT2D eigenvalue weighted by Gasteiger charge is 2.35. The van der Waals surface area contributed by atoms with Crippen molar-refractivity contribution in [2.24, 2.45) is 5.10 Å². The number of hydrazone groups is 1. The van der Waals surface area contributed by atoms with Gasteiger partial charge in [-0.25, -0.2) is 0 Å². The van der Waals surface area contributed by atoms with Crippen molar-refractivity contribution in [2.45, 2.75) is 33.2 Å². The summed E-state index contributed by atoms with van der Waals surface area (Å²) in [7, 11) is 0. The van der Waals surface area contributed by atoms with E-state index in [1.165, 1.54) is 18.7 Å². The second-order valence-corrected chi connectivity index (χ2v) is 7.68. The maximum absolute atomic E-state index is 13.1. The van der Waals surface area contributed by atoms with E-state index in [2.05, 4.69) is 15.7 Å². The van der Waals surface area contributed by atoms with E-state index in [1.807, 2.05) is 30.3 Å². The maximum atomic E-state index is 13.1. The molecule has 3 rings (SSSR count). The number of nitrogens with one attached hydrogen (secondary N) is 2. The summed E-state index contributed by atoms with van der Waals surface area (Å²) in [6.45, 7) is 4.82. The zero-order valence-electron chi connectivity index (χ0n) is 18.9. The standard InChI is InChI=1S/C24H27N5O4/c1-4-28(15-23(32)26-19-12-10-18(11-13-19)25-17(3)31)24(33)21-14-22(16(2)30)29(27-21)20-8-6-5-7-9-20/h5-13,22H,4,14-15H2,1-3H3,(H,25,31)(H,26,32). The Labute approximate surface area is 192 Å². The monoisotopic (exact) mass is 449 g/mol. The van der Waals surface area contributed by atoms with Crippen LogP contribution in [0.3, 0.4) is 0 Å². The van der Waals surface area contributed by atoms with E-state index >= 15 is 0 Å². The predicted molar refractivity (Wildman–Crippen MR) is 127 cm³/mol. The summed E-state index contributed by atoms with van der Waals surface area (Å²) >= 11 is 0. The molecule has 0 bridgehead atoms. The number of hydrogen-bond donors (Lipinski definition) is 2. The number of nitrogens with zero attached hydrogens (tertiary/aromatic N) is 3. The maximum Gasteiger partial charge on any atom is 0.270 e. The Morgan fingerprint density at radius 1 is 0.970 bits per heavy atom. The molecule has 2 aromatic carbocycles. The molecular formula is C24H27N5O4. The molecule has 1 aliphatic heterocycles. The van der Waals surface area contributed by atoms with E-state index in [0.717, 1.165) is 5.69 Å². The first-order chi connectivity index (χ1) is 15.8. The number of benzene rings is 2. The van der Waals surface area contributed by atoms with Crippen LogP contribution >= 0.6 is 0 Å². The van der Waals surface area contributed by atoms with Gasteiger partial charge in [0.15, 0.2) is 5.78 Å². The molecule has 1 atom stereocenters. The number of hydrogen-bond acceptors (Lipinski definition) is 6. The van der Waals surface area contributed by atoms with Crippen LogP contribution in [0.4, 0.5) is 17.1 Å². The van der Waals surface area contributed by atoms with Gasteiger partial charge < -0.3 is 15.5 Å². The average molecular weight is 450 g/mol. The Kier molecular flexibility index (Phi) is 7.55. The second kappa shape index (κ2) is 10.5. The molecule has 3 amide bonds. The van der Waals surface area contributed by atoms with Gasteiger partial charge >= 0.3 is 0 Å². The van der Waals surface area contributed by atoms with E-state index in [4.69, 9.17) is 0 Å². The van der Waals surface area contributed by atoms with Crippen molar-refractivity contribution in [1.29, 1.82) is 0 Å². The summed E-state index contributed by atoms with van der Waals surface area (Å²) in [5, 5.41) is 11.4. The number of carbonyl (C=O) groups excluding carboxylic acids is 4. The number of para-hydroxylation sites is 1. The molecule has 9 heteroatoms. The Bertz CT molecular complexity index is 1070. The molecule has 0 fully saturated rings. The summed E-state index contributed by atoms with van der Waals surface area (Å²) in [5.41, 5.74) is 2.13. The summed E-state index contributed by atoms with van der Waals surface area (Å²) < 4.78 is 0. The number of amides is 3. The molecule has 0 saturated heterocycles. The van der Waals surface area contributed by atoms with Crippen LogP contribution in [0.5, 0.6) is 0 Å². The van der Waals surface area contributed by atoms with Gasteiger partial charge in [0.2, 0.25) is 11.8 Å². The third-order valence-corrected chi connectivity index (χ3v) is 5.14. The fourth-order valence-corrected chi connectivity index (χ4v) is 3.50. The highest BCUT2D eigenvalue weighted by molar-refractivity contribution is 6.40. The van der Waals surface area contributed by atoms with Crippen LogP contribution in [0.25, 0.3) is 0 Å². The Morgan fingerprint density at radius 3 is 2.12 bits per heavy atom. The van der Waals surface area contributed by atoms with E-state index < -0.39 is 6.04 Å². The third-order valence-electron chi connectivity index (χ3n) is 5.14. The van der Waals surface area contributed by atoms with Gasteiger partial charge in [-0.3, -0.25) is 24.2 Å². The molecule has 1 aliphatic rings. The lowest BCUT2D eigenvalue weighted by molar-refractivity contribution is -0.129.